The van der Waals surface area contributed by atoms with Gasteiger partial charge >= 0.3 is 0 Å². The van der Waals surface area contributed by atoms with Gasteiger partial charge in [-0.25, -0.2) is 0 Å². The molecule has 2 heterocycles. The average Bonchev–Trinajstić information content (AvgIpc) is 3.21. The van der Waals surface area contributed by atoms with E-state index >= 15 is 0 Å². The number of rotatable bonds is 6. The zero-order valence-electron chi connectivity index (χ0n) is 12.4. The average molecular weight is 294 g/mol. The molecule has 0 spiro atoms. The van der Waals surface area contributed by atoms with Gasteiger partial charge in [-0.1, -0.05) is 6.42 Å². The van der Waals surface area contributed by atoms with E-state index in [1.165, 1.54) is 73.7 Å². The van der Waals surface area contributed by atoms with Gasteiger partial charge in [-0.15, -0.1) is 0 Å². The first-order chi connectivity index (χ1) is 9.75. The van der Waals surface area contributed by atoms with Crippen molar-refractivity contribution in [3.05, 3.63) is 5.56 Å². The van der Waals surface area contributed by atoms with Crippen LogP contribution in [-0.2, 0) is 0 Å². The van der Waals surface area contributed by atoms with E-state index in [0.29, 0.717) is 5.92 Å². The largest absolute Gasteiger partial charge is 0.383 e. The predicted octanol–water partition coefficient (Wildman–Crippen LogP) is 3.28. The van der Waals surface area contributed by atoms with Crippen molar-refractivity contribution >= 4 is 22.4 Å². The summed E-state index contributed by atoms with van der Waals surface area (Å²) in [5.74, 6) is 1.43. The summed E-state index contributed by atoms with van der Waals surface area (Å²) in [4.78, 5) is 2.63. The second-order valence-corrected chi connectivity index (χ2v) is 7.02. The van der Waals surface area contributed by atoms with Crippen LogP contribution in [0.15, 0.2) is 0 Å². The van der Waals surface area contributed by atoms with E-state index in [0.717, 1.165) is 18.4 Å². The molecule has 1 unspecified atom stereocenters. The van der Waals surface area contributed by atoms with E-state index in [-0.39, 0.29) is 0 Å². The highest BCUT2D eigenvalue weighted by atomic mass is 32.1. The van der Waals surface area contributed by atoms with Gasteiger partial charge in [-0.2, -0.15) is 4.37 Å². The molecule has 1 aliphatic heterocycles. The maximum atomic E-state index is 5.97. The molecule has 0 aromatic carbocycles. The number of anilines is 2. The summed E-state index contributed by atoms with van der Waals surface area (Å²) in [6.45, 7) is 5.88. The molecule has 0 amide bonds. The van der Waals surface area contributed by atoms with Crippen LogP contribution in [0.1, 0.15) is 56.9 Å². The van der Waals surface area contributed by atoms with Crippen LogP contribution in [0.2, 0.25) is 0 Å². The fourth-order valence-corrected chi connectivity index (χ4v) is 4.00. The van der Waals surface area contributed by atoms with Crippen LogP contribution in [0.4, 0.5) is 10.8 Å². The monoisotopic (exact) mass is 294 g/mol. The quantitative estimate of drug-likeness (QED) is 0.791. The number of hydrogen-bond donors (Lipinski definition) is 2. The van der Waals surface area contributed by atoms with Crippen molar-refractivity contribution in [1.82, 2.24) is 9.27 Å². The van der Waals surface area contributed by atoms with E-state index in [9.17, 15) is 0 Å². The molecular weight excluding hydrogens is 268 g/mol. The maximum Gasteiger partial charge on any atom is 0.142 e. The normalized spacial score (nSPS) is 23.9. The highest BCUT2D eigenvalue weighted by Crippen LogP contribution is 2.47. The summed E-state index contributed by atoms with van der Waals surface area (Å²) in [5.41, 5.74) is 7.27. The minimum Gasteiger partial charge on any atom is -0.383 e. The van der Waals surface area contributed by atoms with Crippen LogP contribution in [0.3, 0.4) is 0 Å². The van der Waals surface area contributed by atoms with Gasteiger partial charge in [0.25, 0.3) is 0 Å². The zero-order chi connectivity index (χ0) is 13.9. The molecule has 1 saturated carbocycles. The molecule has 112 valence electrons. The Kier molecular flexibility index (Phi) is 4.46. The smallest absolute Gasteiger partial charge is 0.142 e. The SMILES string of the molecule is CC1CCCCN1CCCNc1snc(N)c1C1CC1. The third kappa shape index (κ3) is 3.26. The standard InChI is InChI=1S/C15H26N4S/c1-11-5-2-3-9-19(11)10-4-8-17-15-13(12-6-7-12)14(16)18-20-15/h11-12,17H,2-10H2,1H3,(H2,16,18). The lowest BCUT2D eigenvalue weighted by molar-refractivity contribution is 0.160. The van der Waals surface area contributed by atoms with E-state index in [1.807, 2.05) is 0 Å². The fourth-order valence-electron chi connectivity index (χ4n) is 3.18. The molecular formula is C15H26N4S. The predicted molar refractivity (Wildman–Crippen MR) is 86.5 cm³/mol. The molecule has 3 rings (SSSR count). The van der Waals surface area contributed by atoms with Crippen LogP contribution >= 0.6 is 11.5 Å². The number of likely N-dealkylation sites (tertiary alicyclic amines) is 1. The van der Waals surface area contributed by atoms with Crippen LogP contribution < -0.4 is 11.1 Å². The molecule has 1 aromatic rings. The number of nitrogens with two attached hydrogens (primary N) is 1. The van der Waals surface area contributed by atoms with Gasteiger partial charge in [0, 0.05) is 24.7 Å². The summed E-state index contributed by atoms with van der Waals surface area (Å²) in [5, 5.41) is 4.78. The number of nitrogen functional groups attached to an aromatic ring is 1. The molecule has 1 aliphatic carbocycles. The van der Waals surface area contributed by atoms with Gasteiger partial charge in [0.1, 0.15) is 10.8 Å². The van der Waals surface area contributed by atoms with Crippen LogP contribution in [0.5, 0.6) is 0 Å². The maximum absolute atomic E-state index is 5.97. The van der Waals surface area contributed by atoms with Crippen LogP contribution in [-0.4, -0.2) is 34.9 Å². The third-order valence-corrected chi connectivity index (χ3v) is 5.42. The number of hydrogen-bond acceptors (Lipinski definition) is 5. The van der Waals surface area contributed by atoms with Gasteiger partial charge in [0.05, 0.1) is 0 Å². The van der Waals surface area contributed by atoms with Crippen molar-refractivity contribution in [1.29, 1.82) is 0 Å². The van der Waals surface area contributed by atoms with Crippen molar-refractivity contribution in [3.63, 3.8) is 0 Å². The molecule has 2 aliphatic rings. The molecule has 5 heteroatoms. The van der Waals surface area contributed by atoms with Gasteiger partial charge in [0.15, 0.2) is 0 Å². The van der Waals surface area contributed by atoms with Gasteiger partial charge < -0.3 is 16.0 Å². The summed E-state index contributed by atoms with van der Waals surface area (Å²) in [6.07, 6.45) is 7.90. The minimum atomic E-state index is 0.679. The molecule has 1 saturated heterocycles. The molecule has 2 fully saturated rings. The van der Waals surface area contributed by atoms with E-state index < -0.39 is 0 Å². The van der Waals surface area contributed by atoms with Crippen molar-refractivity contribution in [2.45, 2.75) is 57.4 Å². The molecule has 1 atom stereocenters. The summed E-state index contributed by atoms with van der Waals surface area (Å²) < 4.78 is 4.30. The first-order valence-electron chi connectivity index (χ1n) is 7.98. The van der Waals surface area contributed by atoms with Crippen LogP contribution in [0, 0.1) is 0 Å². The summed E-state index contributed by atoms with van der Waals surface area (Å²) in [6, 6.07) is 0.768. The lowest BCUT2D eigenvalue weighted by Crippen LogP contribution is -2.38. The Labute approximate surface area is 125 Å². The van der Waals surface area contributed by atoms with E-state index in [2.05, 4.69) is 21.5 Å². The van der Waals surface area contributed by atoms with Gasteiger partial charge in [-0.3, -0.25) is 0 Å². The van der Waals surface area contributed by atoms with Crippen LogP contribution in [0.25, 0.3) is 0 Å². The second-order valence-electron chi connectivity index (χ2n) is 6.25. The Hall–Kier alpha value is -0.810. The lowest BCUT2D eigenvalue weighted by Gasteiger charge is -2.33. The molecule has 0 radical (unpaired) electrons. The number of piperidine rings is 1. The number of aromatic nitrogens is 1. The Morgan fingerprint density at radius 3 is 2.95 bits per heavy atom. The molecule has 4 nitrogen and oxygen atoms in total. The summed E-state index contributed by atoms with van der Waals surface area (Å²) in [7, 11) is 0. The molecule has 0 bridgehead atoms. The zero-order valence-corrected chi connectivity index (χ0v) is 13.2. The highest BCUT2D eigenvalue weighted by molar-refractivity contribution is 7.10. The van der Waals surface area contributed by atoms with Gasteiger partial charge in [-0.05, 0) is 63.0 Å². The first-order valence-corrected chi connectivity index (χ1v) is 8.76. The Morgan fingerprint density at radius 2 is 2.20 bits per heavy atom. The molecule has 20 heavy (non-hydrogen) atoms. The fraction of sp³-hybridized carbons (Fsp3) is 0.800. The first kappa shape index (κ1) is 14.1. The van der Waals surface area contributed by atoms with Crippen molar-refractivity contribution in [2.75, 3.05) is 30.7 Å². The number of nitrogens with zero attached hydrogens (tertiary/aromatic N) is 2. The van der Waals surface area contributed by atoms with E-state index in [1.54, 1.807) is 0 Å². The van der Waals surface area contributed by atoms with Crippen molar-refractivity contribution in [2.24, 2.45) is 0 Å². The molecule has 3 N–H and O–H groups in total. The highest BCUT2D eigenvalue weighted by Gasteiger charge is 2.30. The number of nitrogens with one attached hydrogen (secondary N) is 1. The van der Waals surface area contributed by atoms with Gasteiger partial charge in [0.2, 0.25) is 0 Å². The Morgan fingerprint density at radius 1 is 1.35 bits per heavy atom. The van der Waals surface area contributed by atoms with Crippen molar-refractivity contribution in [3.8, 4) is 0 Å². The molecule has 1 aromatic heterocycles. The van der Waals surface area contributed by atoms with Crippen molar-refractivity contribution < 1.29 is 0 Å². The third-order valence-electron chi connectivity index (χ3n) is 4.59. The second kappa shape index (κ2) is 6.31. The van der Waals surface area contributed by atoms with E-state index in [4.69, 9.17) is 5.73 Å². The topological polar surface area (TPSA) is 54.2 Å². The minimum absolute atomic E-state index is 0.679. The lowest BCUT2D eigenvalue weighted by atomic mass is 10.0. The Bertz CT molecular complexity index is 441. The Balaban J connectivity index is 1.43. The summed E-state index contributed by atoms with van der Waals surface area (Å²) >= 11 is 1.53.